The third-order valence-electron chi connectivity index (χ3n) is 8.34. The Morgan fingerprint density at radius 3 is 2.06 bits per heavy atom. The number of H-pyrrole nitrogens is 1. The highest BCUT2D eigenvalue weighted by molar-refractivity contribution is 6.02. The zero-order chi connectivity index (χ0) is 35.2. The van der Waals surface area contributed by atoms with Gasteiger partial charge in [-0.25, -0.2) is 14.8 Å². The molecule has 0 radical (unpaired) electrons. The van der Waals surface area contributed by atoms with Crippen LogP contribution in [0.2, 0.25) is 0 Å². The van der Waals surface area contributed by atoms with Crippen LogP contribution in [0.15, 0.2) is 79.4 Å². The number of fused-ring (bicyclic) bond motifs is 1. The summed E-state index contributed by atoms with van der Waals surface area (Å²) in [6.07, 6.45) is 6.83. The molecule has 0 aliphatic rings. The van der Waals surface area contributed by atoms with Gasteiger partial charge in [0.05, 0.1) is 51.7 Å². The highest BCUT2D eigenvalue weighted by atomic mass is 16.5. The molecule has 0 spiro atoms. The monoisotopic (exact) mass is 674 g/mol. The summed E-state index contributed by atoms with van der Waals surface area (Å²) in [5.74, 6) is 3.73. The molecule has 6 rings (SSSR count). The number of carbonyl (C=O) groups is 1. The number of methoxy groups -OCH3 is 4. The van der Waals surface area contributed by atoms with Crippen LogP contribution in [0, 0.1) is 13.8 Å². The molecule has 256 valence electrons. The van der Waals surface area contributed by atoms with E-state index in [9.17, 15) is 4.79 Å². The molecule has 3 N–H and O–H groups in total. The summed E-state index contributed by atoms with van der Waals surface area (Å²) in [6.45, 7) is 4.66. The number of aromatic nitrogens is 5. The van der Waals surface area contributed by atoms with Gasteiger partial charge in [0, 0.05) is 65.9 Å². The van der Waals surface area contributed by atoms with Crippen molar-refractivity contribution in [1.82, 2.24) is 25.1 Å². The number of aryl methyl sites for hydroxylation is 2. The molecule has 2 aromatic carbocycles. The van der Waals surface area contributed by atoms with Crippen LogP contribution in [-0.4, -0.2) is 59.6 Å². The zero-order valence-corrected chi connectivity index (χ0v) is 28.7. The number of carbonyl (C=O) groups excluding carboxylic acids is 1. The predicted octanol–water partition coefficient (Wildman–Crippen LogP) is 6.92. The molecule has 0 unspecified atom stereocenters. The Balaban J connectivity index is 1.49. The molecular formula is C37H38N8O5. The summed E-state index contributed by atoms with van der Waals surface area (Å²) in [7, 11) is 6.52. The number of hydrogen-bond donors (Lipinski definition) is 3. The van der Waals surface area contributed by atoms with Crippen molar-refractivity contribution >= 4 is 34.1 Å². The summed E-state index contributed by atoms with van der Waals surface area (Å²) in [5, 5.41) is 14.0. The molecule has 0 saturated heterocycles. The third-order valence-corrected chi connectivity index (χ3v) is 8.34. The number of nitrogens with zero attached hydrogens (tertiary/aromatic N) is 5. The van der Waals surface area contributed by atoms with Gasteiger partial charge in [0.2, 0.25) is 0 Å². The molecular weight excluding hydrogens is 636 g/mol. The summed E-state index contributed by atoms with van der Waals surface area (Å²) in [5.41, 5.74) is 5.73. The van der Waals surface area contributed by atoms with Gasteiger partial charge in [0.15, 0.2) is 0 Å². The molecule has 4 aromatic heterocycles. The van der Waals surface area contributed by atoms with Crippen molar-refractivity contribution in [2.45, 2.75) is 26.9 Å². The largest absolute Gasteiger partial charge is 0.497 e. The second kappa shape index (κ2) is 14.8. The Morgan fingerprint density at radius 2 is 1.48 bits per heavy atom. The lowest BCUT2D eigenvalue weighted by molar-refractivity contribution is 0.262. The molecule has 0 saturated carbocycles. The van der Waals surface area contributed by atoms with Crippen LogP contribution >= 0.6 is 0 Å². The second-order valence-electron chi connectivity index (χ2n) is 11.5. The lowest BCUT2D eigenvalue weighted by Crippen LogP contribution is -2.24. The minimum Gasteiger partial charge on any atom is -0.497 e. The Hall–Kier alpha value is -6.37. The van der Waals surface area contributed by atoms with E-state index in [1.54, 1.807) is 53.2 Å². The average Bonchev–Trinajstić information content (AvgIpc) is 3.54. The Morgan fingerprint density at radius 1 is 0.800 bits per heavy atom. The number of anilines is 3. The van der Waals surface area contributed by atoms with E-state index >= 15 is 0 Å². The van der Waals surface area contributed by atoms with Gasteiger partial charge in [0.1, 0.15) is 34.6 Å². The van der Waals surface area contributed by atoms with Gasteiger partial charge in [-0.15, -0.1) is 0 Å². The summed E-state index contributed by atoms with van der Waals surface area (Å²) in [4.78, 5) is 29.4. The molecule has 13 nitrogen and oxygen atoms in total. The minimum atomic E-state index is -0.446. The maximum Gasteiger partial charge on any atom is 0.324 e. The van der Waals surface area contributed by atoms with Crippen LogP contribution in [0.5, 0.6) is 23.0 Å². The second-order valence-corrected chi connectivity index (χ2v) is 11.5. The minimum absolute atomic E-state index is 0.363. The fourth-order valence-electron chi connectivity index (χ4n) is 5.64. The smallest absolute Gasteiger partial charge is 0.324 e. The number of pyridine rings is 3. The maximum atomic E-state index is 12.9. The van der Waals surface area contributed by atoms with Crippen LogP contribution < -0.4 is 34.5 Å². The summed E-state index contributed by atoms with van der Waals surface area (Å²) >= 11 is 0. The van der Waals surface area contributed by atoms with Crippen molar-refractivity contribution in [3.8, 4) is 34.3 Å². The average molecular weight is 675 g/mol. The Bertz CT molecular complexity index is 2090. The van der Waals surface area contributed by atoms with E-state index in [1.165, 1.54) is 0 Å². The van der Waals surface area contributed by atoms with Crippen molar-refractivity contribution in [2.24, 2.45) is 0 Å². The Labute approximate surface area is 289 Å². The fourth-order valence-corrected chi connectivity index (χ4v) is 5.64. The van der Waals surface area contributed by atoms with E-state index in [0.717, 1.165) is 38.7 Å². The normalized spacial score (nSPS) is 10.8. The topological polar surface area (TPSA) is 149 Å². The summed E-state index contributed by atoms with van der Waals surface area (Å²) in [6, 6.07) is 16.8. The lowest BCUT2D eigenvalue weighted by Gasteiger charge is -2.28. The molecule has 4 heterocycles. The van der Waals surface area contributed by atoms with Crippen LogP contribution in [0.1, 0.15) is 22.4 Å². The molecule has 0 aliphatic carbocycles. The van der Waals surface area contributed by atoms with Gasteiger partial charge in [-0.3, -0.25) is 15.4 Å². The molecule has 2 amide bonds. The maximum absolute atomic E-state index is 12.9. The van der Waals surface area contributed by atoms with Crippen LogP contribution in [-0.2, 0) is 13.1 Å². The standard InChI is InChI=1S/C37H38N8O5/c1-22-11-12-38-17-29(22)31-13-26-14-35(43-37(46)42-32-19-40-44-23(32)2)39-18-30(26)36(41-31)45(20-24-7-9-27(47-3)15-33(24)49-5)21-25-8-10-28(48-4)16-34(25)50-6/h7-19H,20-21H2,1-6H3,(H,40,44)(H2,39,42,43,46). The zero-order valence-electron chi connectivity index (χ0n) is 28.7. The first-order valence-electron chi connectivity index (χ1n) is 15.8. The SMILES string of the molecule is COc1ccc(CN(Cc2ccc(OC)cc2OC)c2nc(-c3cnccc3C)cc3cc(NC(=O)Nc4cn[nH]c4C)ncc23)c(OC)c1. The number of nitrogens with one attached hydrogen (secondary N) is 3. The van der Waals surface area contributed by atoms with Crippen molar-refractivity contribution in [1.29, 1.82) is 0 Å². The van der Waals surface area contributed by atoms with Gasteiger partial charge >= 0.3 is 6.03 Å². The number of amides is 2. The van der Waals surface area contributed by atoms with Gasteiger partial charge in [-0.2, -0.15) is 5.10 Å². The van der Waals surface area contributed by atoms with Crippen molar-refractivity contribution in [3.05, 3.63) is 102 Å². The van der Waals surface area contributed by atoms with E-state index in [2.05, 4.69) is 35.7 Å². The van der Waals surface area contributed by atoms with Crippen molar-refractivity contribution in [3.63, 3.8) is 0 Å². The van der Waals surface area contributed by atoms with E-state index in [1.807, 2.05) is 68.4 Å². The van der Waals surface area contributed by atoms with Crippen LogP contribution in [0.3, 0.4) is 0 Å². The van der Waals surface area contributed by atoms with E-state index in [-0.39, 0.29) is 0 Å². The number of aromatic amines is 1. The quantitative estimate of drug-likeness (QED) is 0.125. The van der Waals surface area contributed by atoms with Gasteiger partial charge in [0.25, 0.3) is 0 Å². The fraction of sp³-hybridized carbons (Fsp3) is 0.216. The van der Waals surface area contributed by atoms with Crippen LogP contribution in [0.25, 0.3) is 22.0 Å². The molecule has 13 heteroatoms. The third kappa shape index (κ3) is 7.21. The first kappa shape index (κ1) is 33.5. The van der Waals surface area contributed by atoms with E-state index in [4.69, 9.17) is 23.9 Å². The number of rotatable bonds is 12. The first-order valence-corrected chi connectivity index (χ1v) is 15.8. The number of benzene rings is 2. The first-order chi connectivity index (χ1) is 24.3. The number of urea groups is 1. The van der Waals surface area contributed by atoms with Gasteiger partial charge in [-0.1, -0.05) is 0 Å². The Kier molecular flexibility index (Phi) is 9.93. The van der Waals surface area contributed by atoms with Crippen molar-refractivity contribution < 1.29 is 23.7 Å². The number of ether oxygens (including phenoxy) is 4. The number of hydrogen-bond acceptors (Lipinski definition) is 10. The van der Waals surface area contributed by atoms with Gasteiger partial charge < -0.3 is 29.2 Å². The van der Waals surface area contributed by atoms with Crippen molar-refractivity contribution in [2.75, 3.05) is 44.0 Å². The predicted molar refractivity (Wildman–Crippen MR) is 192 cm³/mol. The molecule has 50 heavy (non-hydrogen) atoms. The molecule has 0 aliphatic heterocycles. The van der Waals surface area contributed by atoms with E-state index < -0.39 is 6.03 Å². The van der Waals surface area contributed by atoms with E-state index in [0.29, 0.717) is 59.1 Å². The highest BCUT2D eigenvalue weighted by Crippen LogP contribution is 2.36. The molecule has 0 fully saturated rings. The van der Waals surface area contributed by atoms with Crippen LogP contribution in [0.4, 0.5) is 22.1 Å². The van der Waals surface area contributed by atoms with Gasteiger partial charge in [-0.05, 0) is 67.3 Å². The summed E-state index contributed by atoms with van der Waals surface area (Å²) < 4.78 is 22.5. The highest BCUT2D eigenvalue weighted by Gasteiger charge is 2.21. The lowest BCUT2D eigenvalue weighted by atomic mass is 10.0. The molecule has 0 atom stereocenters. The molecule has 0 bridgehead atoms. The molecule has 6 aromatic rings.